The molecule has 0 unspecified atom stereocenters. The standard InChI is InChI=1S/C16H23N3O2/c1-3-5-8-14-13(12-20)17-18-19(14)15-9-6-7-10-16(15)21-11-4-2/h6-7,9-10,20H,3-5,8,11-12H2,1-2H3. The predicted octanol–water partition coefficient (Wildman–Crippen LogP) is 2.89. The van der Waals surface area contributed by atoms with Crippen LogP contribution in [0, 0.1) is 0 Å². The first-order valence-corrected chi connectivity index (χ1v) is 7.58. The summed E-state index contributed by atoms with van der Waals surface area (Å²) in [4.78, 5) is 0. The van der Waals surface area contributed by atoms with E-state index in [0.717, 1.165) is 42.8 Å². The second kappa shape index (κ2) is 7.78. The molecule has 1 aromatic carbocycles. The average Bonchev–Trinajstić information content (AvgIpc) is 2.93. The molecule has 2 rings (SSSR count). The van der Waals surface area contributed by atoms with E-state index in [1.807, 2.05) is 24.3 Å². The molecule has 0 spiro atoms. The Labute approximate surface area is 125 Å². The van der Waals surface area contributed by atoms with Crippen LogP contribution in [0.3, 0.4) is 0 Å². The third kappa shape index (κ3) is 3.61. The Bertz CT molecular complexity index is 566. The van der Waals surface area contributed by atoms with Crippen molar-refractivity contribution in [3.05, 3.63) is 35.7 Å². The molecule has 0 saturated carbocycles. The molecule has 0 aliphatic heterocycles. The van der Waals surface area contributed by atoms with Crippen LogP contribution >= 0.6 is 0 Å². The van der Waals surface area contributed by atoms with Gasteiger partial charge in [-0.3, -0.25) is 0 Å². The van der Waals surface area contributed by atoms with Crippen molar-refractivity contribution in [3.63, 3.8) is 0 Å². The number of aromatic nitrogens is 3. The number of ether oxygens (including phenoxy) is 1. The number of aliphatic hydroxyl groups excluding tert-OH is 1. The van der Waals surface area contributed by atoms with Crippen molar-refractivity contribution in [1.29, 1.82) is 0 Å². The molecule has 1 aromatic heterocycles. The van der Waals surface area contributed by atoms with E-state index in [1.165, 1.54) is 0 Å². The largest absolute Gasteiger partial charge is 0.491 e. The molecule has 1 heterocycles. The molecule has 0 fully saturated rings. The highest BCUT2D eigenvalue weighted by Crippen LogP contribution is 2.25. The Morgan fingerprint density at radius 2 is 2.00 bits per heavy atom. The minimum absolute atomic E-state index is 0.0863. The number of benzene rings is 1. The van der Waals surface area contributed by atoms with Gasteiger partial charge >= 0.3 is 0 Å². The fourth-order valence-corrected chi connectivity index (χ4v) is 2.21. The zero-order valence-corrected chi connectivity index (χ0v) is 12.7. The maximum absolute atomic E-state index is 9.44. The van der Waals surface area contributed by atoms with Gasteiger partial charge in [0, 0.05) is 0 Å². The fraction of sp³-hybridized carbons (Fsp3) is 0.500. The number of rotatable bonds is 8. The smallest absolute Gasteiger partial charge is 0.145 e. The van der Waals surface area contributed by atoms with E-state index in [4.69, 9.17) is 4.74 Å². The van der Waals surface area contributed by atoms with E-state index in [1.54, 1.807) is 4.68 Å². The van der Waals surface area contributed by atoms with Gasteiger partial charge in [0.25, 0.3) is 0 Å². The monoisotopic (exact) mass is 289 g/mol. The number of aliphatic hydroxyl groups is 1. The quantitative estimate of drug-likeness (QED) is 0.811. The Hall–Kier alpha value is -1.88. The molecule has 0 aliphatic rings. The molecular formula is C16H23N3O2. The summed E-state index contributed by atoms with van der Waals surface area (Å²) in [7, 11) is 0. The van der Waals surface area contributed by atoms with E-state index < -0.39 is 0 Å². The summed E-state index contributed by atoms with van der Waals surface area (Å²) < 4.78 is 7.59. The van der Waals surface area contributed by atoms with Crippen molar-refractivity contribution in [3.8, 4) is 11.4 Å². The van der Waals surface area contributed by atoms with Crippen LogP contribution in [0.5, 0.6) is 5.75 Å². The molecule has 5 heteroatoms. The van der Waals surface area contributed by atoms with Crippen molar-refractivity contribution >= 4 is 0 Å². The van der Waals surface area contributed by atoms with Crippen LogP contribution < -0.4 is 4.74 Å². The van der Waals surface area contributed by atoms with Gasteiger partial charge in [0.15, 0.2) is 0 Å². The normalized spacial score (nSPS) is 10.8. The SMILES string of the molecule is CCCCc1c(CO)nnn1-c1ccccc1OCCC. The third-order valence-electron chi connectivity index (χ3n) is 3.32. The summed E-state index contributed by atoms with van der Waals surface area (Å²) in [6, 6.07) is 7.81. The maximum atomic E-state index is 9.44. The predicted molar refractivity (Wildman–Crippen MR) is 81.7 cm³/mol. The Morgan fingerprint density at radius 3 is 2.71 bits per heavy atom. The van der Waals surface area contributed by atoms with Crippen molar-refractivity contribution in [2.45, 2.75) is 46.1 Å². The summed E-state index contributed by atoms with van der Waals surface area (Å²) in [6.45, 7) is 4.81. The summed E-state index contributed by atoms with van der Waals surface area (Å²) in [5.41, 5.74) is 2.49. The molecule has 5 nitrogen and oxygen atoms in total. The molecule has 0 saturated heterocycles. The minimum atomic E-state index is -0.0863. The summed E-state index contributed by atoms with van der Waals surface area (Å²) in [6.07, 6.45) is 3.93. The van der Waals surface area contributed by atoms with E-state index in [9.17, 15) is 5.11 Å². The zero-order valence-electron chi connectivity index (χ0n) is 12.7. The topological polar surface area (TPSA) is 60.2 Å². The van der Waals surface area contributed by atoms with Crippen molar-refractivity contribution in [2.75, 3.05) is 6.61 Å². The Balaban J connectivity index is 2.39. The molecule has 21 heavy (non-hydrogen) atoms. The lowest BCUT2D eigenvalue weighted by Gasteiger charge is -2.12. The molecule has 2 aromatic rings. The van der Waals surface area contributed by atoms with Gasteiger partial charge in [-0.05, 0) is 31.4 Å². The van der Waals surface area contributed by atoms with Crippen molar-refractivity contribution < 1.29 is 9.84 Å². The van der Waals surface area contributed by atoms with Gasteiger partial charge in [-0.2, -0.15) is 0 Å². The molecule has 0 atom stereocenters. The number of hydrogen-bond donors (Lipinski definition) is 1. The van der Waals surface area contributed by atoms with Crippen LogP contribution in [0.2, 0.25) is 0 Å². The molecule has 114 valence electrons. The average molecular weight is 289 g/mol. The Kier molecular flexibility index (Phi) is 5.75. The second-order valence-corrected chi connectivity index (χ2v) is 4.97. The molecule has 0 radical (unpaired) electrons. The van der Waals surface area contributed by atoms with Crippen molar-refractivity contribution in [2.24, 2.45) is 0 Å². The van der Waals surface area contributed by atoms with Crippen LogP contribution in [-0.4, -0.2) is 26.7 Å². The van der Waals surface area contributed by atoms with Crippen LogP contribution in [0.15, 0.2) is 24.3 Å². The highest BCUT2D eigenvalue weighted by atomic mass is 16.5. The molecule has 0 aliphatic carbocycles. The van der Waals surface area contributed by atoms with Gasteiger partial charge in [0.1, 0.15) is 17.1 Å². The first kappa shape index (κ1) is 15.5. The lowest BCUT2D eigenvalue weighted by Crippen LogP contribution is -2.07. The van der Waals surface area contributed by atoms with E-state index in [0.29, 0.717) is 12.3 Å². The Morgan fingerprint density at radius 1 is 1.19 bits per heavy atom. The summed E-state index contributed by atoms with van der Waals surface area (Å²) in [5.74, 6) is 0.798. The number of nitrogens with zero attached hydrogens (tertiary/aromatic N) is 3. The molecule has 0 amide bonds. The van der Waals surface area contributed by atoms with E-state index >= 15 is 0 Å². The lowest BCUT2D eigenvalue weighted by molar-refractivity contribution is 0.275. The first-order chi connectivity index (χ1) is 10.3. The van der Waals surface area contributed by atoms with Gasteiger partial charge in [0.05, 0.1) is 18.9 Å². The zero-order chi connectivity index (χ0) is 15.1. The van der Waals surface area contributed by atoms with Gasteiger partial charge in [-0.1, -0.05) is 37.6 Å². The van der Waals surface area contributed by atoms with Crippen LogP contribution in [0.4, 0.5) is 0 Å². The van der Waals surface area contributed by atoms with Gasteiger partial charge < -0.3 is 9.84 Å². The van der Waals surface area contributed by atoms with E-state index in [-0.39, 0.29) is 6.61 Å². The second-order valence-electron chi connectivity index (χ2n) is 4.97. The van der Waals surface area contributed by atoms with Crippen molar-refractivity contribution in [1.82, 2.24) is 15.0 Å². The van der Waals surface area contributed by atoms with Crippen LogP contribution in [0.25, 0.3) is 5.69 Å². The highest BCUT2D eigenvalue weighted by molar-refractivity contribution is 5.47. The van der Waals surface area contributed by atoms with Gasteiger partial charge in [-0.25, -0.2) is 4.68 Å². The van der Waals surface area contributed by atoms with Crippen LogP contribution in [0.1, 0.15) is 44.5 Å². The molecule has 0 bridgehead atoms. The van der Waals surface area contributed by atoms with Crippen LogP contribution in [-0.2, 0) is 13.0 Å². The lowest BCUT2D eigenvalue weighted by atomic mass is 10.1. The maximum Gasteiger partial charge on any atom is 0.145 e. The summed E-state index contributed by atoms with van der Waals surface area (Å²) in [5, 5.41) is 17.7. The number of para-hydroxylation sites is 2. The number of hydrogen-bond acceptors (Lipinski definition) is 4. The molecular weight excluding hydrogens is 266 g/mol. The summed E-state index contributed by atoms with van der Waals surface area (Å²) >= 11 is 0. The van der Waals surface area contributed by atoms with Gasteiger partial charge in [-0.15, -0.1) is 5.10 Å². The highest BCUT2D eigenvalue weighted by Gasteiger charge is 2.15. The van der Waals surface area contributed by atoms with E-state index in [2.05, 4.69) is 24.2 Å². The third-order valence-corrected chi connectivity index (χ3v) is 3.32. The molecule has 1 N–H and O–H groups in total. The first-order valence-electron chi connectivity index (χ1n) is 7.58. The fourth-order valence-electron chi connectivity index (χ4n) is 2.21. The minimum Gasteiger partial charge on any atom is -0.491 e. The van der Waals surface area contributed by atoms with Gasteiger partial charge in [0.2, 0.25) is 0 Å². The number of unbranched alkanes of at least 4 members (excludes halogenated alkanes) is 1.